The minimum atomic E-state index is -4.41. The van der Waals surface area contributed by atoms with Gasteiger partial charge in [0.2, 0.25) is 0 Å². The Bertz CT molecular complexity index is 1050. The van der Waals surface area contributed by atoms with E-state index in [1.54, 1.807) is 7.11 Å². The van der Waals surface area contributed by atoms with E-state index in [1.165, 1.54) is 23.3 Å². The first-order valence-corrected chi connectivity index (χ1v) is 12.1. The van der Waals surface area contributed by atoms with Crippen LogP contribution in [-0.4, -0.2) is 61.2 Å². The van der Waals surface area contributed by atoms with Crippen LogP contribution < -0.4 is 4.74 Å². The number of carbonyl (C=O) groups excluding carboxylic acids is 1. The number of carbonyl (C=O) groups is 1. The molecule has 0 saturated carbocycles. The Labute approximate surface area is 204 Å². The van der Waals surface area contributed by atoms with Crippen LogP contribution in [0.25, 0.3) is 0 Å². The lowest BCUT2D eigenvalue weighted by molar-refractivity contribution is -0.137. The van der Waals surface area contributed by atoms with Crippen molar-refractivity contribution in [1.29, 1.82) is 0 Å². The van der Waals surface area contributed by atoms with E-state index in [9.17, 15) is 18.0 Å². The molecule has 2 saturated heterocycles. The summed E-state index contributed by atoms with van der Waals surface area (Å²) in [7, 11) is 1.68. The van der Waals surface area contributed by atoms with Crippen LogP contribution in [-0.2, 0) is 10.9 Å². The molecule has 2 heterocycles. The van der Waals surface area contributed by atoms with Crippen LogP contribution in [0.2, 0.25) is 0 Å². The van der Waals surface area contributed by atoms with Crippen molar-refractivity contribution in [2.45, 2.75) is 57.9 Å². The number of fused-ring (bicyclic) bond motifs is 2. The molecule has 0 unspecified atom stereocenters. The Morgan fingerprint density at radius 3 is 2.34 bits per heavy atom. The molecule has 0 N–H and O–H groups in total. The van der Waals surface area contributed by atoms with Gasteiger partial charge in [-0.25, -0.2) is 0 Å². The Kier molecular flexibility index (Phi) is 7.43. The fraction of sp³-hybridized carbons (Fsp3) is 0.519. The molecule has 2 bridgehead atoms. The third-order valence-electron chi connectivity index (χ3n) is 7.48. The van der Waals surface area contributed by atoms with Crippen molar-refractivity contribution in [3.8, 4) is 5.75 Å². The quantitative estimate of drug-likeness (QED) is 0.465. The number of amides is 1. The molecule has 0 spiro atoms. The highest BCUT2D eigenvalue weighted by Crippen LogP contribution is 2.39. The lowest BCUT2D eigenvalue weighted by Crippen LogP contribution is -2.49. The number of nitrogens with zero attached hydrogens (tertiary/aromatic N) is 2. The number of halogens is 3. The fourth-order valence-corrected chi connectivity index (χ4v) is 5.38. The molecule has 0 radical (unpaired) electrons. The zero-order valence-electron chi connectivity index (χ0n) is 20.7. The number of hydrogen-bond donors (Lipinski definition) is 0. The molecule has 4 rings (SSSR count). The van der Waals surface area contributed by atoms with E-state index in [0.717, 1.165) is 42.8 Å². The number of rotatable bonds is 8. The van der Waals surface area contributed by atoms with Gasteiger partial charge in [0.25, 0.3) is 5.91 Å². The van der Waals surface area contributed by atoms with Gasteiger partial charge < -0.3 is 14.4 Å². The van der Waals surface area contributed by atoms with Crippen LogP contribution in [0.15, 0.2) is 36.4 Å². The highest BCUT2D eigenvalue weighted by Gasteiger charge is 2.47. The van der Waals surface area contributed by atoms with Gasteiger partial charge in [-0.1, -0.05) is 6.07 Å². The van der Waals surface area contributed by atoms with Crippen LogP contribution in [0.3, 0.4) is 0 Å². The Balaban J connectivity index is 1.40. The van der Waals surface area contributed by atoms with Gasteiger partial charge in [-0.2, -0.15) is 13.2 Å². The molecule has 2 aromatic carbocycles. The molecule has 35 heavy (non-hydrogen) atoms. The highest BCUT2D eigenvalue weighted by atomic mass is 19.4. The first kappa shape index (κ1) is 25.5. The van der Waals surface area contributed by atoms with Crippen LogP contribution in [0.4, 0.5) is 13.2 Å². The van der Waals surface area contributed by atoms with E-state index in [0.29, 0.717) is 25.3 Å². The van der Waals surface area contributed by atoms with Crippen molar-refractivity contribution in [2.75, 3.05) is 33.4 Å². The van der Waals surface area contributed by atoms with E-state index in [4.69, 9.17) is 9.47 Å². The first-order valence-electron chi connectivity index (χ1n) is 12.1. The summed E-state index contributed by atoms with van der Waals surface area (Å²) in [6, 6.07) is 9.18. The molecule has 2 aromatic rings. The van der Waals surface area contributed by atoms with Crippen LogP contribution >= 0.6 is 0 Å². The normalized spacial score (nSPS) is 20.9. The maximum absolute atomic E-state index is 13.0. The molecule has 190 valence electrons. The summed E-state index contributed by atoms with van der Waals surface area (Å²) in [6.45, 7) is 9.03. The number of likely N-dealkylation sites (tertiary alicyclic amines) is 2. The number of benzene rings is 2. The maximum atomic E-state index is 13.0. The summed E-state index contributed by atoms with van der Waals surface area (Å²) in [5, 5.41) is 0. The molecule has 2 aliphatic rings. The first-order chi connectivity index (χ1) is 16.6. The van der Waals surface area contributed by atoms with Gasteiger partial charge in [0, 0.05) is 56.9 Å². The summed E-state index contributed by atoms with van der Waals surface area (Å²) in [6.07, 6.45) is -2.68. The maximum Gasteiger partial charge on any atom is 0.416 e. The summed E-state index contributed by atoms with van der Waals surface area (Å²) in [4.78, 5) is 17.3. The van der Waals surface area contributed by atoms with Gasteiger partial charge in [0.15, 0.2) is 0 Å². The van der Waals surface area contributed by atoms with Gasteiger partial charge in [0.05, 0.1) is 12.2 Å². The lowest BCUT2D eigenvalue weighted by Gasteiger charge is -2.38. The average Bonchev–Trinajstić information content (AvgIpc) is 3.44. The van der Waals surface area contributed by atoms with Crippen molar-refractivity contribution in [3.05, 3.63) is 64.2 Å². The average molecular weight is 491 g/mol. The highest BCUT2D eigenvalue weighted by molar-refractivity contribution is 5.94. The monoisotopic (exact) mass is 490 g/mol. The molecule has 0 aromatic heterocycles. The van der Waals surface area contributed by atoms with Gasteiger partial charge in [-0.05, 0) is 74.2 Å². The topological polar surface area (TPSA) is 42.0 Å². The predicted octanol–water partition coefficient (Wildman–Crippen LogP) is 5.40. The van der Waals surface area contributed by atoms with Crippen LogP contribution in [0.1, 0.15) is 58.4 Å². The largest absolute Gasteiger partial charge is 0.493 e. The summed E-state index contributed by atoms with van der Waals surface area (Å²) >= 11 is 0. The van der Waals surface area contributed by atoms with E-state index >= 15 is 0 Å². The molecule has 0 aliphatic carbocycles. The number of hydrogen-bond acceptors (Lipinski definition) is 4. The molecule has 1 amide bonds. The molecular formula is C27H33F3N2O3. The fourth-order valence-electron chi connectivity index (χ4n) is 5.38. The third-order valence-corrected chi connectivity index (χ3v) is 7.48. The van der Waals surface area contributed by atoms with Crippen molar-refractivity contribution in [2.24, 2.45) is 0 Å². The summed E-state index contributed by atoms with van der Waals surface area (Å²) < 4.78 is 49.6. The molecule has 5 nitrogen and oxygen atoms in total. The third kappa shape index (κ3) is 5.19. The molecule has 3 atom stereocenters. The summed E-state index contributed by atoms with van der Waals surface area (Å²) in [5.74, 6) is 0.700. The summed E-state index contributed by atoms with van der Waals surface area (Å²) in [5.41, 5.74) is 3.16. The molecule has 2 aliphatic heterocycles. The van der Waals surface area contributed by atoms with E-state index in [2.05, 4.69) is 31.7 Å². The smallest absolute Gasteiger partial charge is 0.416 e. The minimum Gasteiger partial charge on any atom is -0.493 e. The molecule has 2 fully saturated rings. The van der Waals surface area contributed by atoms with Crippen molar-refractivity contribution >= 4 is 5.91 Å². The van der Waals surface area contributed by atoms with E-state index in [-0.39, 0.29) is 24.0 Å². The van der Waals surface area contributed by atoms with Crippen LogP contribution in [0.5, 0.6) is 5.75 Å². The van der Waals surface area contributed by atoms with Crippen molar-refractivity contribution in [1.82, 2.24) is 9.80 Å². The second kappa shape index (κ2) is 10.2. The van der Waals surface area contributed by atoms with Crippen molar-refractivity contribution in [3.63, 3.8) is 0 Å². The number of ether oxygens (including phenoxy) is 2. The van der Waals surface area contributed by atoms with E-state index < -0.39 is 11.7 Å². The van der Waals surface area contributed by atoms with Crippen LogP contribution in [0, 0.1) is 13.8 Å². The standard InChI is InChI=1S/C27H33F3N2O3/c1-17-18(2)25(35-13-5-12-34-4)11-10-24(17)19(3)31-15-23-14-22(31)16-32(23)26(33)20-6-8-21(9-7-20)27(28,29)30/h6-11,19,22-23H,5,12-16H2,1-4H3/t19-,22+,23+/m1/s1. The number of methoxy groups -OCH3 is 1. The molecular weight excluding hydrogens is 457 g/mol. The second-order valence-electron chi connectivity index (χ2n) is 9.55. The van der Waals surface area contributed by atoms with E-state index in [1.807, 2.05) is 11.0 Å². The minimum absolute atomic E-state index is 0.0713. The van der Waals surface area contributed by atoms with Gasteiger partial charge in [0.1, 0.15) is 5.75 Å². The van der Waals surface area contributed by atoms with Gasteiger partial charge in [-0.3, -0.25) is 9.69 Å². The Hall–Kier alpha value is -2.58. The van der Waals surface area contributed by atoms with Crippen molar-refractivity contribution < 1.29 is 27.4 Å². The molecule has 8 heteroatoms. The second-order valence-corrected chi connectivity index (χ2v) is 9.55. The number of piperazine rings is 1. The van der Waals surface area contributed by atoms with Gasteiger partial charge >= 0.3 is 6.18 Å². The lowest BCUT2D eigenvalue weighted by atomic mass is 9.96. The predicted molar refractivity (Wildman–Crippen MR) is 128 cm³/mol. The van der Waals surface area contributed by atoms with Gasteiger partial charge in [-0.15, -0.1) is 0 Å². The Morgan fingerprint density at radius 2 is 1.74 bits per heavy atom. The zero-order valence-corrected chi connectivity index (χ0v) is 20.7. The number of alkyl halides is 3. The zero-order chi connectivity index (χ0) is 25.3. The Morgan fingerprint density at radius 1 is 1.03 bits per heavy atom. The SMILES string of the molecule is COCCCOc1ccc([C@@H](C)N2C[C@@H]3C[C@H]2CN3C(=O)c2ccc(C(F)(F)F)cc2)c(C)c1C.